The van der Waals surface area contributed by atoms with Crippen LogP contribution in [0, 0.1) is 0 Å². The van der Waals surface area contributed by atoms with Crippen molar-refractivity contribution in [1.29, 1.82) is 0 Å². The Hall–Kier alpha value is -1.41. The predicted molar refractivity (Wildman–Crippen MR) is 63.4 cm³/mol. The van der Waals surface area contributed by atoms with Crippen molar-refractivity contribution in [2.45, 2.75) is 0 Å². The fraction of sp³-hybridized carbons (Fsp3) is 0. The van der Waals surface area contributed by atoms with Gasteiger partial charge >= 0.3 is 0 Å². The molecule has 0 spiro atoms. The normalized spacial score (nSPS) is 10.3. The molecule has 0 aliphatic carbocycles. The van der Waals surface area contributed by atoms with Crippen LogP contribution in [0.3, 0.4) is 0 Å². The number of rotatable bonds is 0. The summed E-state index contributed by atoms with van der Waals surface area (Å²) in [6.45, 7) is 0. The highest BCUT2D eigenvalue weighted by Crippen LogP contribution is 2.24. The first-order chi connectivity index (χ1) is 6.45. The van der Waals surface area contributed by atoms with Crippen LogP contribution in [0.2, 0.25) is 0 Å². The van der Waals surface area contributed by atoms with E-state index in [-0.39, 0.29) is 13.5 Å². The molecule has 1 N–H and O–H groups in total. The lowest BCUT2D eigenvalue weighted by molar-refractivity contribution is 1.55. The van der Waals surface area contributed by atoms with Gasteiger partial charge in [-0.2, -0.15) is 0 Å². The summed E-state index contributed by atoms with van der Waals surface area (Å²) < 4.78 is 0. The molecule has 68 valence electrons. The van der Waals surface area contributed by atoms with Gasteiger partial charge in [-0.1, -0.05) is 36.4 Å². The number of para-hydroxylation sites is 2. The molecule has 14 heavy (non-hydrogen) atoms. The lowest BCUT2D eigenvalue weighted by Gasteiger charge is -1.87. The van der Waals surface area contributed by atoms with E-state index in [0.29, 0.717) is 0 Å². The van der Waals surface area contributed by atoms with Crippen LogP contribution < -0.4 is 0 Å². The van der Waals surface area contributed by atoms with Gasteiger partial charge in [-0.05, 0) is 12.1 Å². The largest absolute Gasteiger partial charge is 0.355 e. The zero-order valence-electron chi connectivity index (χ0n) is 7.53. The van der Waals surface area contributed by atoms with E-state index in [4.69, 9.17) is 0 Å². The summed E-state index contributed by atoms with van der Waals surface area (Å²) in [5, 5.41) is 2.61. The Morgan fingerprint density at radius 3 is 1.57 bits per heavy atom. The van der Waals surface area contributed by atoms with Crippen molar-refractivity contribution in [2.24, 2.45) is 0 Å². The molecule has 1 aromatic heterocycles. The first-order valence-corrected chi connectivity index (χ1v) is 4.40. The molecule has 3 rings (SSSR count). The number of aromatic nitrogens is 1. The van der Waals surface area contributed by atoms with Crippen molar-refractivity contribution in [3.05, 3.63) is 48.5 Å². The predicted octanol–water partition coefficient (Wildman–Crippen LogP) is 3.97. The van der Waals surface area contributed by atoms with E-state index in [1.807, 2.05) is 0 Å². The topological polar surface area (TPSA) is 15.8 Å². The van der Waals surface area contributed by atoms with E-state index >= 15 is 0 Å². The Labute approximate surface area is 89.2 Å². The van der Waals surface area contributed by atoms with Crippen molar-refractivity contribution >= 4 is 35.3 Å². The van der Waals surface area contributed by atoms with Crippen LogP contribution in [-0.4, -0.2) is 4.98 Å². The molecule has 0 aliphatic heterocycles. The van der Waals surface area contributed by atoms with Gasteiger partial charge in [0.15, 0.2) is 0 Å². The third kappa shape index (κ3) is 1.19. The van der Waals surface area contributed by atoms with Gasteiger partial charge in [0.25, 0.3) is 0 Å². The molecule has 2 aromatic carbocycles. The second-order valence-electron chi connectivity index (χ2n) is 3.22. The van der Waals surface area contributed by atoms with Crippen molar-refractivity contribution < 1.29 is 0 Å². The van der Waals surface area contributed by atoms with Gasteiger partial charge in [-0.25, -0.2) is 0 Å². The van der Waals surface area contributed by atoms with Crippen LogP contribution in [-0.2, 0) is 0 Å². The standard InChI is InChI=1S/C12H9N.S/c1-3-7-11-9(5-1)10-6-2-4-8-12(10)13-11;/h1-8,13H;. The van der Waals surface area contributed by atoms with Crippen LogP contribution in [0.25, 0.3) is 21.8 Å². The number of H-pyrrole nitrogens is 1. The van der Waals surface area contributed by atoms with E-state index in [0.717, 1.165) is 0 Å². The second-order valence-corrected chi connectivity index (χ2v) is 3.22. The smallest absolute Gasteiger partial charge is 0.0464 e. The molecule has 0 saturated heterocycles. The van der Waals surface area contributed by atoms with Gasteiger partial charge in [0.05, 0.1) is 0 Å². The maximum atomic E-state index is 3.38. The molecular formula is C12H9NS. The van der Waals surface area contributed by atoms with E-state index in [2.05, 4.69) is 53.5 Å². The molecule has 3 aromatic rings. The lowest BCUT2D eigenvalue weighted by Crippen LogP contribution is -1.62. The highest BCUT2D eigenvalue weighted by molar-refractivity contribution is 7.59. The molecule has 0 fully saturated rings. The molecule has 0 saturated carbocycles. The summed E-state index contributed by atoms with van der Waals surface area (Å²) in [5.41, 5.74) is 2.42. The van der Waals surface area contributed by atoms with E-state index in [1.165, 1.54) is 21.8 Å². The number of aromatic amines is 1. The quantitative estimate of drug-likeness (QED) is 0.564. The SMILES string of the molecule is [S].c1ccc2c(c1)[nH]c1ccccc12. The fourth-order valence-electron chi connectivity index (χ4n) is 1.80. The molecule has 1 nitrogen and oxygen atoms in total. The maximum absolute atomic E-state index is 3.38. The summed E-state index contributed by atoms with van der Waals surface area (Å²) in [6, 6.07) is 16.8. The molecule has 0 bridgehead atoms. The molecular weight excluding hydrogens is 190 g/mol. The average molecular weight is 199 g/mol. The number of hydrogen-bond acceptors (Lipinski definition) is 0. The fourth-order valence-corrected chi connectivity index (χ4v) is 1.80. The minimum absolute atomic E-state index is 0. The number of benzene rings is 2. The maximum Gasteiger partial charge on any atom is 0.0464 e. The molecule has 2 radical (unpaired) electrons. The summed E-state index contributed by atoms with van der Waals surface area (Å²) >= 11 is 0. The number of hydrogen-bond donors (Lipinski definition) is 1. The number of nitrogens with one attached hydrogen (secondary N) is 1. The van der Waals surface area contributed by atoms with Gasteiger partial charge in [0.1, 0.15) is 0 Å². The summed E-state index contributed by atoms with van der Waals surface area (Å²) in [7, 11) is 0. The highest BCUT2D eigenvalue weighted by atomic mass is 32.1. The van der Waals surface area contributed by atoms with E-state index in [1.54, 1.807) is 0 Å². The van der Waals surface area contributed by atoms with Gasteiger partial charge in [-0.3, -0.25) is 0 Å². The van der Waals surface area contributed by atoms with Crippen molar-refractivity contribution in [3.63, 3.8) is 0 Å². The molecule has 0 aliphatic rings. The zero-order chi connectivity index (χ0) is 8.67. The molecule has 0 amide bonds. The van der Waals surface area contributed by atoms with Gasteiger partial charge in [-0.15, -0.1) is 0 Å². The molecule has 0 atom stereocenters. The third-order valence-corrected chi connectivity index (χ3v) is 2.41. The lowest BCUT2D eigenvalue weighted by atomic mass is 10.2. The Kier molecular flexibility index (Phi) is 2.22. The van der Waals surface area contributed by atoms with E-state index < -0.39 is 0 Å². The summed E-state index contributed by atoms with van der Waals surface area (Å²) in [6.07, 6.45) is 0. The van der Waals surface area contributed by atoms with Crippen molar-refractivity contribution in [3.8, 4) is 0 Å². The van der Waals surface area contributed by atoms with E-state index in [9.17, 15) is 0 Å². The molecule has 1 heterocycles. The average Bonchev–Trinajstić information content (AvgIpc) is 2.56. The minimum Gasteiger partial charge on any atom is -0.355 e. The Balaban J connectivity index is 0.000000750. The Morgan fingerprint density at radius 2 is 1.07 bits per heavy atom. The van der Waals surface area contributed by atoms with Gasteiger partial charge in [0, 0.05) is 35.3 Å². The Bertz CT molecular complexity index is 518. The zero-order valence-corrected chi connectivity index (χ0v) is 8.34. The Morgan fingerprint density at radius 1 is 0.643 bits per heavy atom. The van der Waals surface area contributed by atoms with Gasteiger partial charge < -0.3 is 4.98 Å². The van der Waals surface area contributed by atoms with Crippen LogP contribution >= 0.6 is 13.5 Å². The van der Waals surface area contributed by atoms with Crippen LogP contribution in [0.1, 0.15) is 0 Å². The van der Waals surface area contributed by atoms with Crippen LogP contribution in [0.5, 0.6) is 0 Å². The highest BCUT2D eigenvalue weighted by Gasteiger charge is 2.00. The number of fused-ring (bicyclic) bond motifs is 3. The molecule has 2 heteroatoms. The first kappa shape index (κ1) is 9.16. The molecule has 0 unspecified atom stereocenters. The van der Waals surface area contributed by atoms with Gasteiger partial charge in [0.2, 0.25) is 0 Å². The van der Waals surface area contributed by atoms with Crippen molar-refractivity contribution in [2.75, 3.05) is 0 Å². The minimum atomic E-state index is 0. The monoisotopic (exact) mass is 199 g/mol. The second kappa shape index (κ2) is 3.39. The van der Waals surface area contributed by atoms with Crippen LogP contribution in [0.15, 0.2) is 48.5 Å². The third-order valence-electron chi connectivity index (χ3n) is 2.41. The first-order valence-electron chi connectivity index (χ1n) is 4.40. The van der Waals surface area contributed by atoms with Crippen LogP contribution in [0.4, 0.5) is 0 Å². The van der Waals surface area contributed by atoms with Crippen molar-refractivity contribution in [1.82, 2.24) is 4.98 Å². The summed E-state index contributed by atoms with van der Waals surface area (Å²) in [4.78, 5) is 3.38. The summed E-state index contributed by atoms with van der Waals surface area (Å²) in [5.74, 6) is 0.